The molecule has 0 unspecified atom stereocenters. The topological polar surface area (TPSA) is 32.3 Å². The molecule has 0 radical (unpaired) electrons. The maximum atomic E-state index is 12.3. The zero-order chi connectivity index (χ0) is 13.8. The Morgan fingerprint density at radius 2 is 1.95 bits per heavy atom. The van der Waals surface area contributed by atoms with E-state index in [0.29, 0.717) is 12.5 Å². The van der Waals surface area contributed by atoms with Crippen LogP contribution in [0.15, 0.2) is 18.2 Å². The van der Waals surface area contributed by atoms with Gasteiger partial charge in [-0.05, 0) is 56.5 Å². The summed E-state index contributed by atoms with van der Waals surface area (Å²) in [4.78, 5) is 14.3. The molecule has 0 atom stereocenters. The summed E-state index contributed by atoms with van der Waals surface area (Å²) in [5.74, 6) is 0.232. The largest absolute Gasteiger partial charge is 0.342 e. The molecule has 1 fully saturated rings. The Kier molecular flexibility index (Phi) is 4.59. The van der Waals surface area contributed by atoms with Gasteiger partial charge in [-0.15, -0.1) is 0 Å². The van der Waals surface area contributed by atoms with Crippen LogP contribution in [0.1, 0.15) is 29.5 Å². The van der Waals surface area contributed by atoms with E-state index in [-0.39, 0.29) is 5.91 Å². The fourth-order valence-electron chi connectivity index (χ4n) is 2.61. The SMILES string of the molecule is Cc1ccc(CC(=O)N(C)C2CCNCC2)cc1C. The maximum Gasteiger partial charge on any atom is 0.226 e. The smallest absolute Gasteiger partial charge is 0.226 e. The number of carbonyl (C=O) groups is 1. The van der Waals surface area contributed by atoms with Gasteiger partial charge in [-0.25, -0.2) is 0 Å². The van der Waals surface area contributed by atoms with Crippen molar-refractivity contribution in [1.29, 1.82) is 0 Å². The fraction of sp³-hybridized carbons (Fsp3) is 0.562. The first kappa shape index (κ1) is 14.1. The Hall–Kier alpha value is -1.35. The van der Waals surface area contributed by atoms with Crippen molar-refractivity contribution in [2.75, 3.05) is 20.1 Å². The lowest BCUT2D eigenvalue weighted by atomic mass is 10.0. The molecule has 2 rings (SSSR count). The predicted octanol–water partition coefficient (Wildman–Crippen LogP) is 2.06. The molecule has 0 aliphatic carbocycles. The highest BCUT2D eigenvalue weighted by Gasteiger charge is 2.21. The van der Waals surface area contributed by atoms with Crippen LogP contribution in [0.5, 0.6) is 0 Å². The zero-order valence-electron chi connectivity index (χ0n) is 12.2. The first-order valence-corrected chi connectivity index (χ1v) is 7.10. The standard InChI is InChI=1S/C16H24N2O/c1-12-4-5-14(10-13(12)2)11-16(19)18(3)15-6-8-17-9-7-15/h4-5,10,15,17H,6-9,11H2,1-3H3. The maximum absolute atomic E-state index is 12.3. The van der Waals surface area contributed by atoms with Gasteiger partial charge in [0, 0.05) is 13.1 Å². The van der Waals surface area contributed by atoms with Crippen LogP contribution in [0.2, 0.25) is 0 Å². The van der Waals surface area contributed by atoms with Crippen LogP contribution in [0.4, 0.5) is 0 Å². The van der Waals surface area contributed by atoms with E-state index in [1.54, 1.807) is 0 Å². The highest BCUT2D eigenvalue weighted by Crippen LogP contribution is 2.14. The Bertz CT molecular complexity index is 450. The van der Waals surface area contributed by atoms with Crippen molar-refractivity contribution in [2.45, 2.75) is 39.2 Å². The number of rotatable bonds is 3. The van der Waals surface area contributed by atoms with Gasteiger partial charge in [0.05, 0.1) is 6.42 Å². The minimum Gasteiger partial charge on any atom is -0.342 e. The van der Waals surface area contributed by atoms with E-state index in [9.17, 15) is 4.79 Å². The van der Waals surface area contributed by atoms with E-state index in [0.717, 1.165) is 31.5 Å². The third-order valence-electron chi connectivity index (χ3n) is 4.18. The molecule has 1 aromatic rings. The molecule has 0 spiro atoms. The summed E-state index contributed by atoms with van der Waals surface area (Å²) in [7, 11) is 1.94. The number of piperidine rings is 1. The quantitative estimate of drug-likeness (QED) is 0.902. The predicted molar refractivity (Wildman–Crippen MR) is 78.3 cm³/mol. The summed E-state index contributed by atoms with van der Waals surface area (Å²) in [5, 5.41) is 3.33. The van der Waals surface area contributed by atoms with E-state index in [1.807, 2.05) is 11.9 Å². The lowest BCUT2D eigenvalue weighted by Gasteiger charge is -2.31. The van der Waals surface area contributed by atoms with Crippen molar-refractivity contribution in [2.24, 2.45) is 0 Å². The van der Waals surface area contributed by atoms with Gasteiger partial charge in [-0.2, -0.15) is 0 Å². The van der Waals surface area contributed by atoms with Crippen LogP contribution in [0.3, 0.4) is 0 Å². The molecule has 1 N–H and O–H groups in total. The number of hydrogen-bond donors (Lipinski definition) is 1. The number of likely N-dealkylation sites (N-methyl/N-ethyl adjacent to an activating group) is 1. The normalized spacial score (nSPS) is 16.4. The molecule has 0 saturated carbocycles. The molecule has 1 amide bonds. The van der Waals surface area contributed by atoms with Gasteiger partial charge in [-0.1, -0.05) is 18.2 Å². The summed E-state index contributed by atoms with van der Waals surface area (Å²) in [6, 6.07) is 6.70. The molecule has 0 bridgehead atoms. The van der Waals surface area contributed by atoms with E-state index >= 15 is 0 Å². The molecule has 1 heterocycles. The fourth-order valence-corrected chi connectivity index (χ4v) is 2.61. The van der Waals surface area contributed by atoms with Crippen molar-refractivity contribution in [3.05, 3.63) is 34.9 Å². The Balaban J connectivity index is 1.97. The van der Waals surface area contributed by atoms with Crippen molar-refractivity contribution in [1.82, 2.24) is 10.2 Å². The second-order valence-electron chi connectivity index (χ2n) is 5.58. The van der Waals surface area contributed by atoms with Gasteiger partial charge < -0.3 is 10.2 Å². The lowest BCUT2D eigenvalue weighted by Crippen LogP contribution is -2.44. The molecule has 19 heavy (non-hydrogen) atoms. The minimum atomic E-state index is 0.232. The number of hydrogen-bond acceptors (Lipinski definition) is 2. The van der Waals surface area contributed by atoms with E-state index in [4.69, 9.17) is 0 Å². The first-order chi connectivity index (χ1) is 9.08. The lowest BCUT2D eigenvalue weighted by molar-refractivity contribution is -0.131. The highest BCUT2D eigenvalue weighted by atomic mass is 16.2. The molecule has 1 aliphatic rings. The molecule has 3 nitrogen and oxygen atoms in total. The van der Waals surface area contributed by atoms with E-state index in [1.165, 1.54) is 11.1 Å². The van der Waals surface area contributed by atoms with Crippen molar-refractivity contribution < 1.29 is 4.79 Å². The summed E-state index contributed by atoms with van der Waals surface area (Å²) >= 11 is 0. The first-order valence-electron chi connectivity index (χ1n) is 7.10. The number of amides is 1. The van der Waals surface area contributed by atoms with Crippen molar-refractivity contribution >= 4 is 5.91 Å². The molecule has 0 aromatic heterocycles. The summed E-state index contributed by atoms with van der Waals surface area (Å²) < 4.78 is 0. The Labute approximate surface area is 116 Å². The third kappa shape index (κ3) is 3.57. The van der Waals surface area contributed by atoms with E-state index in [2.05, 4.69) is 37.4 Å². The molecule has 1 saturated heterocycles. The molecule has 104 valence electrons. The minimum absolute atomic E-state index is 0.232. The summed E-state index contributed by atoms with van der Waals surface area (Å²) in [6.07, 6.45) is 2.64. The average Bonchev–Trinajstić information content (AvgIpc) is 2.43. The third-order valence-corrected chi connectivity index (χ3v) is 4.18. The van der Waals surface area contributed by atoms with Crippen LogP contribution < -0.4 is 5.32 Å². The van der Waals surface area contributed by atoms with Crippen molar-refractivity contribution in [3.8, 4) is 0 Å². The van der Waals surface area contributed by atoms with Gasteiger partial charge in [0.1, 0.15) is 0 Å². The Morgan fingerprint density at radius 3 is 2.58 bits per heavy atom. The van der Waals surface area contributed by atoms with Crippen LogP contribution in [-0.2, 0) is 11.2 Å². The Morgan fingerprint density at radius 1 is 1.26 bits per heavy atom. The van der Waals surface area contributed by atoms with Crippen LogP contribution >= 0.6 is 0 Å². The van der Waals surface area contributed by atoms with Gasteiger partial charge in [0.25, 0.3) is 0 Å². The monoisotopic (exact) mass is 260 g/mol. The number of carbonyl (C=O) groups excluding carboxylic acids is 1. The molecule has 3 heteroatoms. The van der Waals surface area contributed by atoms with Gasteiger partial charge in [0.15, 0.2) is 0 Å². The zero-order valence-corrected chi connectivity index (χ0v) is 12.2. The molecule has 1 aliphatic heterocycles. The van der Waals surface area contributed by atoms with Gasteiger partial charge in [0.2, 0.25) is 5.91 Å². The number of nitrogens with one attached hydrogen (secondary N) is 1. The van der Waals surface area contributed by atoms with Crippen LogP contribution in [0.25, 0.3) is 0 Å². The number of aryl methyl sites for hydroxylation is 2. The number of nitrogens with zero attached hydrogens (tertiary/aromatic N) is 1. The van der Waals surface area contributed by atoms with Crippen molar-refractivity contribution in [3.63, 3.8) is 0 Å². The number of benzene rings is 1. The molecule has 1 aromatic carbocycles. The van der Waals surface area contributed by atoms with Gasteiger partial charge >= 0.3 is 0 Å². The summed E-state index contributed by atoms with van der Waals surface area (Å²) in [5.41, 5.74) is 3.66. The molecular formula is C16H24N2O. The average molecular weight is 260 g/mol. The second kappa shape index (κ2) is 6.20. The van der Waals surface area contributed by atoms with Gasteiger partial charge in [-0.3, -0.25) is 4.79 Å². The second-order valence-corrected chi connectivity index (χ2v) is 5.58. The van der Waals surface area contributed by atoms with Crippen LogP contribution in [-0.4, -0.2) is 37.0 Å². The van der Waals surface area contributed by atoms with E-state index < -0.39 is 0 Å². The van der Waals surface area contributed by atoms with Crippen LogP contribution in [0, 0.1) is 13.8 Å². The highest BCUT2D eigenvalue weighted by molar-refractivity contribution is 5.79. The molecular weight excluding hydrogens is 236 g/mol. The summed E-state index contributed by atoms with van der Waals surface area (Å²) in [6.45, 7) is 6.24.